The zero-order valence-corrected chi connectivity index (χ0v) is 21.3. The SMILES string of the molecule is Cc1nn(-c2ccc3onc(N)c3c2)c2c1CCN(c1ccc(-c3ccccc3S(C)(=O)=O)cc1F)C2=O. The zero-order chi connectivity index (χ0) is 26.8. The summed E-state index contributed by atoms with van der Waals surface area (Å²) in [7, 11) is -3.52. The Labute approximate surface area is 217 Å². The van der Waals surface area contributed by atoms with Gasteiger partial charge in [0.25, 0.3) is 5.91 Å². The minimum absolute atomic E-state index is 0.102. The molecule has 0 radical (unpaired) electrons. The predicted molar refractivity (Wildman–Crippen MR) is 141 cm³/mol. The fraction of sp³-hybridized carbons (Fsp3) is 0.148. The number of sulfone groups is 1. The summed E-state index contributed by atoms with van der Waals surface area (Å²) in [5, 5.41) is 8.97. The molecule has 2 aromatic heterocycles. The van der Waals surface area contributed by atoms with Crippen molar-refractivity contribution in [2.45, 2.75) is 18.2 Å². The van der Waals surface area contributed by atoms with Crippen LogP contribution in [0.2, 0.25) is 0 Å². The number of hydrogen-bond acceptors (Lipinski definition) is 7. The highest BCUT2D eigenvalue weighted by molar-refractivity contribution is 7.90. The van der Waals surface area contributed by atoms with E-state index in [2.05, 4.69) is 10.3 Å². The average molecular weight is 532 g/mol. The molecule has 3 heterocycles. The summed E-state index contributed by atoms with van der Waals surface area (Å²) in [5.74, 6) is -0.801. The van der Waals surface area contributed by atoms with Gasteiger partial charge >= 0.3 is 0 Å². The topological polar surface area (TPSA) is 124 Å². The van der Waals surface area contributed by atoms with Crippen molar-refractivity contribution in [1.29, 1.82) is 0 Å². The van der Waals surface area contributed by atoms with E-state index in [0.717, 1.165) is 11.8 Å². The number of aromatic nitrogens is 3. The van der Waals surface area contributed by atoms with Crippen molar-refractivity contribution in [2.75, 3.05) is 23.4 Å². The quantitative estimate of drug-likeness (QED) is 0.366. The molecule has 3 aromatic carbocycles. The van der Waals surface area contributed by atoms with Crippen LogP contribution >= 0.6 is 0 Å². The van der Waals surface area contributed by atoms with Crippen LogP contribution in [0.3, 0.4) is 0 Å². The fourth-order valence-electron chi connectivity index (χ4n) is 4.95. The number of benzene rings is 3. The molecule has 9 nitrogen and oxygen atoms in total. The summed E-state index contributed by atoms with van der Waals surface area (Å²) in [4.78, 5) is 15.3. The molecule has 0 saturated carbocycles. The molecule has 0 spiro atoms. The van der Waals surface area contributed by atoms with Crippen LogP contribution in [-0.4, -0.2) is 42.1 Å². The van der Waals surface area contributed by atoms with Gasteiger partial charge in [-0.1, -0.05) is 29.4 Å². The minimum atomic E-state index is -3.52. The van der Waals surface area contributed by atoms with E-state index < -0.39 is 21.6 Å². The molecule has 0 unspecified atom stereocenters. The summed E-state index contributed by atoms with van der Waals surface area (Å²) in [6, 6.07) is 16.0. The summed E-state index contributed by atoms with van der Waals surface area (Å²) in [6.07, 6.45) is 1.60. The van der Waals surface area contributed by atoms with E-state index in [9.17, 15) is 13.2 Å². The molecular weight excluding hydrogens is 509 g/mol. The van der Waals surface area contributed by atoms with E-state index in [4.69, 9.17) is 10.3 Å². The first-order valence-electron chi connectivity index (χ1n) is 11.8. The smallest absolute Gasteiger partial charge is 0.277 e. The highest BCUT2D eigenvalue weighted by Gasteiger charge is 2.33. The standard InChI is InChI=1S/C27H22FN5O4S/c1-15-18-11-12-32(22-9-7-16(13-21(22)28)19-5-3-4-6-24(19)38(2,35)36)27(34)25(18)33(30-15)17-8-10-23-20(14-17)26(29)31-37-23/h3-10,13-14H,11-12H2,1-2H3,(H2,29,31). The number of nitrogens with two attached hydrogens (primary N) is 1. The average Bonchev–Trinajstić information content (AvgIpc) is 3.44. The molecule has 5 aromatic rings. The Hall–Kier alpha value is -4.51. The van der Waals surface area contributed by atoms with Crippen LogP contribution in [0.15, 0.2) is 70.1 Å². The Morgan fingerprint density at radius 1 is 1.08 bits per heavy atom. The van der Waals surface area contributed by atoms with Crippen LogP contribution in [-0.2, 0) is 16.3 Å². The first-order chi connectivity index (χ1) is 18.1. The second kappa shape index (κ2) is 8.52. The van der Waals surface area contributed by atoms with E-state index in [-0.39, 0.29) is 22.9 Å². The third kappa shape index (κ3) is 3.74. The molecule has 0 fully saturated rings. The molecule has 1 amide bonds. The van der Waals surface area contributed by atoms with E-state index in [1.807, 2.05) is 6.92 Å². The zero-order valence-electron chi connectivity index (χ0n) is 20.5. The number of fused-ring (bicyclic) bond motifs is 2. The Bertz CT molecular complexity index is 1880. The van der Waals surface area contributed by atoms with Crippen molar-refractivity contribution < 1.29 is 22.1 Å². The summed E-state index contributed by atoms with van der Waals surface area (Å²) >= 11 is 0. The summed E-state index contributed by atoms with van der Waals surface area (Å²) in [6.45, 7) is 2.10. The fourth-order valence-corrected chi connectivity index (χ4v) is 5.86. The van der Waals surface area contributed by atoms with E-state index in [1.54, 1.807) is 47.1 Å². The van der Waals surface area contributed by atoms with Gasteiger partial charge in [-0.3, -0.25) is 4.79 Å². The molecule has 0 bridgehead atoms. The third-order valence-corrected chi connectivity index (χ3v) is 7.93. The number of rotatable bonds is 4. The van der Waals surface area contributed by atoms with Gasteiger partial charge in [-0.05, 0) is 55.3 Å². The number of halogens is 1. The summed E-state index contributed by atoms with van der Waals surface area (Å²) < 4.78 is 46.7. The lowest BCUT2D eigenvalue weighted by molar-refractivity contribution is 0.0972. The second-order valence-electron chi connectivity index (χ2n) is 9.21. The second-order valence-corrected chi connectivity index (χ2v) is 11.2. The maximum atomic E-state index is 15.5. The Morgan fingerprint density at radius 3 is 2.63 bits per heavy atom. The van der Waals surface area contributed by atoms with Gasteiger partial charge in [0.15, 0.2) is 21.2 Å². The maximum Gasteiger partial charge on any atom is 0.277 e. The van der Waals surface area contributed by atoms with Crippen LogP contribution in [0.25, 0.3) is 27.8 Å². The molecule has 2 N–H and O–H groups in total. The number of anilines is 2. The Balaban J connectivity index is 1.40. The Kier molecular flexibility index (Phi) is 5.35. The third-order valence-electron chi connectivity index (χ3n) is 6.78. The van der Waals surface area contributed by atoms with Crippen LogP contribution in [0.4, 0.5) is 15.9 Å². The number of carbonyl (C=O) groups excluding carboxylic acids is 1. The van der Waals surface area contributed by atoms with Crippen molar-refractivity contribution in [3.05, 3.63) is 83.4 Å². The van der Waals surface area contributed by atoms with Crippen molar-refractivity contribution in [2.24, 2.45) is 0 Å². The largest absolute Gasteiger partial charge is 0.380 e. The Morgan fingerprint density at radius 2 is 1.87 bits per heavy atom. The molecular formula is C27H22FN5O4S. The number of carbonyl (C=O) groups is 1. The molecule has 0 saturated heterocycles. The van der Waals surface area contributed by atoms with E-state index in [0.29, 0.717) is 45.6 Å². The van der Waals surface area contributed by atoms with Gasteiger partial charge in [-0.15, -0.1) is 0 Å². The van der Waals surface area contributed by atoms with Gasteiger partial charge in [0.1, 0.15) is 11.5 Å². The highest BCUT2D eigenvalue weighted by Crippen LogP contribution is 2.34. The van der Waals surface area contributed by atoms with Crippen LogP contribution < -0.4 is 10.6 Å². The first kappa shape index (κ1) is 23.9. The highest BCUT2D eigenvalue weighted by atomic mass is 32.2. The molecule has 1 aliphatic rings. The monoisotopic (exact) mass is 531 g/mol. The van der Waals surface area contributed by atoms with Crippen molar-refractivity contribution in [3.8, 4) is 16.8 Å². The van der Waals surface area contributed by atoms with E-state index in [1.165, 1.54) is 23.1 Å². The van der Waals surface area contributed by atoms with Crippen LogP contribution in [0, 0.1) is 12.7 Å². The molecule has 11 heteroatoms. The molecule has 192 valence electrons. The van der Waals surface area contributed by atoms with Gasteiger partial charge in [0.05, 0.1) is 27.4 Å². The number of nitrogens with zero attached hydrogens (tertiary/aromatic N) is 4. The summed E-state index contributed by atoms with van der Waals surface area (Å²) in [5.41, 5.74) is 9.76. The normalized spacial score (nSPS) is 13.8. The van der Waals surface area contributed by atoms with Gasteiger partial charge in [-0.25, -0.2) is 17.5 Å². The van der Waals surface area contributed by atoms with Crippen LogP contribution in [0.5, 0.6) is 0 Å². The number of amides is 1. The number of aryl methyl sites for hydroxylation is 1. The lowest BCUT2D eigenvalue weighted by Crippen LogP contribution is -2.39. The molecule has 38 heavy (non-hydrogen) atoms. The molecule has 1 aliphatic heterocycles. The molecule has 6 rings (SSSR count). The maximum absolute atomic E-state index is 15.5. The van der Waals surface area contributed by atoms with Gasteiger partial charge in [0, 0.05) is 23.9 Å². The van der Waals surface area contributed by atoms with Gasteiger partial charge in [-0.2, -0.15) is 5.10 Å². The first-order valence-corrected chi connectivity index (χ1v) is 13.7. The molecule has 0 atom stereocenters. The number of nitrogen functional groups attached to an aromatic ring is 1. The predicted octanol–water partition coefficient (Wildman–Crippen LogP) is 4.32. The van der Waals surface area contributed by atoms with Crippen molar-refractivity contribution in [3.63, 3.8) is 0 Å². The van der Waals surface area contributed by atoms with Crippen LogP contribution in [0.1, 0.15) is 21.7 Å². The molecule has 0 aliphatic carbocycles. The van der Waals surface area contributed by atoms with Gasteiger partial charge in [0.2, 0.25) is 0 Å². The lowest BCUT2D eigenvalue weighted by atomic mass is 10.0. The minimum Gasteiger partial charge on any atom is -0.380 e. The van der Waals surface area contributed by atoms with Gasteiger partial charge < -0.3 is 15.2 Å². The van der Waals surface area contributed by atoms with E-state index >= 15 is 4.39 Å². The lowest BCUT2D eigenvalue weighted by Gasteiger charge is -2.28. The number of hydrogen-bond donors (Lipinski definition) is 1. The van der Waals surface area contributed by atoms with Crippen molar-refractivity contribution in [1.82, 2.24) is 14.9 Å². The van der Waals surface area contributed by atoms with Crippen molar-refractivity contribution >= 4 is 38.2 Å².